The second kappa shape index (κ2) is 11.0. The molecule has 0 bridgehead atoms. The molecule has 0 radical (unpaired) electrons. The third-order valence-corrected chi connectivity index (χ3v) is 8.74. The second-order valence-electron chi connectivity index (χ2n) is 10.4. The van der Waals surface area contributed by atoms with Crippen molar-refractivity contribution in [3.05, 3.63) is 91.7 Å². The van der Waals surface area contributed by atoms with Crippen LogP contribution in [0, 0.1) is 12.7 Å². The minimum atomic E-state index is -4.08. The standard InChI is InChI=1S/C28H29ClFN7O4S/c1-15-10-20(16(2)31-22-8-9-23(29)32-25(22)26(38)34-42(40,41)35(3)4)24-21(11-15)27(39)36(5)28(33-24)37-13-17-6-7-19(30)12-18(17)14-37/h6-12,16,31H,13-14H2,1-5H3,(H,34,38)/t16-/m1/s1. The summed E-state index contributed by atoms with van der Waals surface area (Å²) < 4.78 is 42.7. The molecule has 0 spiro atoms. The average Bonchev–Trinajstić information content (AvgIpc) is 3.34. The molecule has 220 valence electrons. The number of amides is 1. The van der Waals surface area contributed by atoms with Crippen LogP contribution in [0.15, 0.2) is 47.3 Å². The summed E-state index contributed by atoms with van der Waals surface area (Å²) in [6, 6.07) is 10.8. The molecule has 2 aromatic carbocycles. The smallest absolute Gasteiger partial charge is 0.303 e. The number of carbonyl (C=O) groups is 1. The quantitative estimate of drug-likeness (QED) is 0.302. The lowest BCUT2D eigenvalue weighted by atomic mass is 10.0. The minimum Gasteiger partial charge on any atom is -0.377 e. The van der Waals surface area contributed by atoms with Crippen LogP contribution in [0.2, 0.25) is 5.15 Å². The molecule has 1 atom stereocenters. The summed E-state index contributed by atoms with van der Waals surface area (Å²) in [5, 5.41) is 3.63. The fourth-order valence-corrected chi connectivity index (χ4v) is 5.61. The highest BCUT2D eigenvalue weighted by atomic mass is 35.5. The highest BCUT2D eigenvalue weighted by Crippen LogP contribution is 2.31. The summed E-state index contributed by atoms with van der Waals surface area (Å²) in [6.45, 7) is 4.57. The number of anilines is 2. The maximum atomic E-state index is 13.9. The van der Waals surface area contributed by atoms with Gasteiger partial charge in [-0.2, -0.15) is 12.7 Å². The van der Waals surface area contributed by atoms with Gasteiger partial charge in [0.1, 0.15) is 11.0 Å². The molecule has 1 amide bonds. The summed E-state index contributed by atoms with van der Waals surface area (Å²) in [7, 11) is 0.147. The van der Waals surface area contributed by atoms with Crippen LogP contribution in [-0.2, 0) is 30.3 Å². The number of aryl methyl sites for hydroxylation is 1. The number of nitrogens with one attached hydrogen (secondary N) is 2. The van der Waals surface area contributed by atoms with Crippen molar-refractivity contribution in [3.8, 4) is 0 Å². The Labute approximate surface area is 247 Å². The summed E-state index contributed by atoms with van der Waals surface area (Å²) in [5.41, 5.74) is 3.53. The van der Waals surface area contributed by atoms with Crippen LogP contribution >= 0.6 is 11.6 Å². The predicted molar refractivity (Wildman–Crippen MR) is 159 cm³/mol. The first kappa shape index (κ1) is 29.4. The first-order valence-corrected chi connectivity index (χ1v) is 14.8. The molecule has 5 rings (SSSR count). The Morgan fingerprint density at radius 1 is 1.10 bits per heavy atom. The number of pyridine rings is 1. The third-order valence-electron chi connectivity index (χ3n) is 7.12. The van der Waals surface area contributed by atoms with Crippen molar-refractivity contribution >= 4 is 50.3 Å². The predicted octanol–water partition coefficient (Wildman–Crippen LogP) is 3.66. The molecule has 0 saturated heterocycles. The van der Waals surface area contributed by atoms with Gasteiger partial charge >= 0.3 is 10.2 Å². The van der Waals surface area contributed by atoms with Crippen molar-refractivity contribution in [3.63, 3.8) is 0 Å². The Morgan fingerprint density at radius 3 is 2.52 bits per heavy atom. The Bertz CT molecular complexity index is 1910. The van der Waals surface area contributed by atoms with Gasteiger partial charge in [0, 0.05) is 39.8 Å². The second-order valence-corrected chi connectivity index (χ2v) is 12.7. The monoisotopic (exact) mass is 613 g/mol. The van der Waals surface area contributed by atoms with Crippen molar-refractivity contribution in [2.24, 2.45) is 7.05 Å². The largest absolute Gasteiger partial charge is 0.377 e. The molecule has 1 aliphatic heterocycles. The molecular weight excluding hydrogens is 585 g/mol. The van der Waals surface area contributed by atoms with E-state index in [9.17, 15) is 22.4 Å². The molecular formula is C28H29ClFN7O4S. The minimum absolute atomic E-state index is 0.00269. The van der Waals surface area contributed by atoms with E-state index in [1.165, 1.54) is 42.9 Å². The average molecular weight is 614 g/mol. The summed E-state index contributed by atoms with van der Waals surface area (Å²) in [6.07, 6.45) is 0. The number of carbonyl (C=O) groups excluding carboxylic acids is 1. The highest BCUT2D eigenvalue weighted by molar-refractivity contribution is 7.87. The van der Waals surface area contributed by atoms with E-state index in [4.69, 9.17) is 16.6 Å². The summed E-state index contributed by atoms with van der Waals surface area (Å²) in [5.74, 6) is -0.851. The zero-order chi connectivity index (χ0) is 30.5. The molecule has 42 heavy (non-hydrogen) atoms. The first-order valence-electron chi connectivity index (χ1n) is 13.0. The molecule has 1 aliphatic rings. The van der Waals surface area contributed by atoms with E-state index in [1.54, 1.807) is 19.2 Å². The Hall–Kier alpha value is -4.07. The number of halogens is 2. The maximum absolute atomic E-state index is 13.9. The van der Waals surface area contributed by atoms with Gasteiger partial charge in [0.05, 0.1) is 22.6 Å². The fraction of sp³-hybridized carbons (Fsp3) is 0.286. The van der Waals surface area contributed by atoms with Gasteiger partial charge in [0.25, 0.3) is 11.5 Å². The topological polar surface area (TPSA) is 130 Å². The van der Waals surface area contributed by atoms with E-state index < -0.39 is 22.2 Å². The number of fused-ring (bicyclic) bond motifs is 2. The van der Waals surface area contributed by atoms with E-state index in [0.29, 0.717) is 35.5 Å². The normalized spacial score (nSPS) is 13.9. The molecule has 0 fully saturated rings. The third kappa shape index (κ3) is 5.54. The Morgan fingerprint density at radius 2 is 1.81 bits per heavy atom. The van der Waals surface area contributed by atoms with E-state index in [2.05, 4.69) is 10.3 Å². The SMILES string of the molecule is Cc1cc([C@@H](C)Nc2ccc(Cl)nc2C(=O)NS(=O)(=O)N(C)C)c2nc(N3Cc4ccc(F)cc4C3)n(C)c(=O)c2c1. The van der Waals surface area contributed by atoms with Gasteiger partial charge in [0.2, 0.25) is 5.95 Å². The number of benzene rings is 2. The van der Waals surface area contributed by atoms with Crippen molar-refractivity contribution in [2.75, 3.05) is 24.3 Å². The number of aromatic nitrogens is 3. The molecule has 2 N–H and O–H groups in total. The molecule has 11 nitrogen and oxygen atoms in total. The molecule has 0 saturated carbocycles. The molecule has 0 aliphatic carbocycles. The lowest BCUT2D eigenvalue weighted by molar-refractivity contribution is 0.0975. The summed E-state index contributed by atoms with van der Waals surface area (Å²) in [4.78, 5) is 37.4. The van der Waals surface area contributed by atoms with Crippen LogP contribution in [0.4, 0.5) is 16.0 Å². The molecule has 4 aromatic rings. The first-order chi connectivity index (χ1) is 19.7. The van der Waals surface area contributed by atoms with E-state index in [-0.39, 0.29) is 27.9 Å². The Balaban J connectivity index is 1.55. The molecule has 14 heteroatoms. The van der Waals surface area contributed by atoms with Gasteiger partial charge in [-0.3, -0.25) is 14.2 Å². The number of nitrogens with zero attached hydrogens (tertiary/aromatic N) is 5. The van der Waals surface area contributed by atoms with Crippen LogP contribution in [0.1, 0.15) is 45.7 Å². The summed E-state index contributed by atoms with van der Waals surface area (Å²) >= 11 is 6.05. The van der Waals surface area contributed by atoms with Crippen LogP contribution in [0.5, 0.6) is 0 Å². The maximum Gasteiger partial charge on any atom is 0.303 e. The Kier molecular flexibility index (Phi) is 7.68. The van der Waals surface area contributed by atoms with Gasteiger partial charge in [-0.25, -0.2) is 19.1 Å². The van der Waals surface area contributed by atoms with Crippen LogP contribution in [0.25, 0.3) is 10.9 Å². The van der Waals surface area contributed by atoms with Crippen molar-refractivity contribution in [2.45, 2.75) is 33.0 Å². The molecule has 0 unspecified atom stereocenters. The van der Waals surface area contributed by atoms with Crippen LogP contribution < -0.4 is 20.5 Å². The zero-order valence-electron chi connectivity index (χ0n) is 23.6. The van der Waals surface area contributed by atoms with E-state index in [0.717, 1.165) is 21.0 Å². The molecule has 2 aromatic heterocycles. The van der Waals surface area contributed by atoms with Gasteiger partial charge < -0.3 is 10.2 Å². The molecule has 3 heterocycles. The number of rotatable bonds is 7. The lowest BCUT2D eigenvalue weighted by Crippen LogP contribution is -2.40. The number of hydrogen-bond acceptors (Lipinski definition) is 8. The van der Waals surface area contributed by atoms with Gasteiger partial charge in [-0.05, 0) is 60.9 Å². The van der Waals surface area contributed by atoms with Crippen molar-refractivity contribution in [1.29, 1.82) is 0 Å². The lowest BCUT2D eigenvalue weighted by Gasteiger charge is -2.23. The van der Waals surface area contributed by atoms with E-state index >= 15 is 0 Å². The van der Waals surface area contributed by atoms with Gasteiger partial charge in [-0.15, -0.1) is 0 Å². The van der Waals surface area contributed by atoms with Gasteiger partial charge in [-0.1, -0.05) is 23.7 Å². The zero-order valence-corrected chi connectivity index (χ0v) is 25.1. The van der Waals surface area contributed by atoms with Gasteiger partial charge in [0.15, 0.2) is 5.69 Å². The van der Waals surface area contributed by atoms with Crippen molar-refractivity contribution < 1.29 is 17.6 Å². The van der Waals surface area contributed by atoms with Crippen LogP contribution in [-0.4, -0.2) is 47.3 Å². The fourth-order valence-electron chi connectivity index (χ4n) is 4.95. The number of hydrogen-bond donors (Lipinski definition) is 2. The van der Waals surface area contributed by atoms with Crippen LogP contribution in [0.3, 0.4) is 0 Å². The van der Waals surface area contributed by atoms with E-state index in [1.807, 2.05) is 29.5 Å². The van der Waals surface area contributed by atoms with Crippen molar-refractivity contribution in [1.82, 2.24) is 23.6 Å². The highest BCUT2D eigenvalue weighted by Gasteiger charge is 2.26.